The Hall–Kier alpha value is -3.29. The second-order valence-corrected chi connectivity index (χ2v) is 7.29. The highest BCUT2D eigenvalue weighted by Gasteiger charge is 2.18. The van der Waals surface area contributed by atoms with Gasteiger partial charge in [0.25, 0.3) is 11.8 Å². The van der Waals surface area contributed by atoms with Crippen molar-refractivity contribution in [2.75, 3.05) is 18.4 Å². The molecule has 1 aromatic heterocycles. The van der Waals surface area contributed by atoms with Gasteiger partial charge in [0.05, 0.1) is 5.56 Å². The van der Waals surface area contributed by atoms with Crippen LogP contribution >= 0.6 is 11.6 Å². The Morgan fingerprint density at radius 1 is 1.10 bits per heavy atom. The maximum atomic E-state index is 13.6. The van der Waals surface area contributed by atoms with Crippen LogP contribution in [-0.4, -0.2) is 34.8 Å². The van der Waals surface area contributed by atoms with E-state index in [9.17, 15) is 14.0 Å². The van der Waals surface area contributed by atoms with E-state index in [0.29, 0.717) is 41.3 Å². The third kappa shape index (κ3) is 6.10. The van der Waals surface area contributed by atoms with Gasteiger partial charge in [0.2, 0.25) is 0 Å². The number of amides is 2. The highest BCUT2D eigenvalue weighted by Crippen LogP contribution is 2.24. The van der Waals surface area contributed by atoms with Crippen molar-refractivity contribution in [3.8, 4) is 0 Å². The van der Waals surface area contributed by atoms with Gasteiger partial charge in [0.15, 0.2) is 0 Å². The first-order chi connectivity index (χ1) is 15.0. The zero-order valence-corrected chi connectivity index (χ0v) is 17.5. The van der Waals surface area contributed by atoms with E-state index in [0.717, 1.165) is 0 Å². The summed E-state index contributed by atoms with van der Waals surface area (Å²) in [4.78, 5) is 30.9. The van der Waals surface area contributed by atoms with E-state index in [4.69, 9.17) is 17.3 Å². The highest BCUT2D eigenvalue weighted by molar-refractivity contribution is 6.31. The first kappa shape index (κ1) is 22.4. The Balaban J connectivity index is 1.81. The minimum atomic E-state index is -0.484. The second-order valence-electron chi connectivity index (χ2n) is 6.88. The molecule has 2 amide bonds. The second kappa shape index (κ2) is 10.7. The first-order valence-corrected chi connectivity index (χ1v) is 10.1. The number of hydrogen-bond acceptors (Lipinski definition) is 4. The van der Waals surface area contributed by atoms with Crippen LogP contribution in [0.4, 0.5) is 10.1 Å². The molecule has 0 bridgehead atoms. The molecule has 0 spiro atoms. The third-order valence-corrected chi connectivity index (χ3v) is 4.95. The quantitative estimate of drug-likeness (QED) is 0.551. The van der Waals surface area contributed by atoms with Gasteiger partial charge in [-0.05, 0) is 67.1 Å². The maximum absolute atomic E-state index is 13.6. The number of nitrogens with two attached hydrogens (primary N) is 1. The van der Waals surface area contributed by atoms with E-state index >= 15 is 0 Å². The van der Waals surface area contributed by atoms with E-state index in [1.54, 1.807) is 47.5 Å². The highest BCUT2D eigenvalue weighted by atomic mass is 35.5. The molecular formula is C23H22ClFN4O2. The number of halogens is 2. The molecular weight excluding hydrogens is 419 g/mol. The molecule has 0 aliphatic rings. The summed E-state index contributed by atoms with van der Waals surface area (Å²) in [7, 11) is 0. The number of nitrogens with zero attached hydrogens (tertiary/aromatic N) is 2. The molecule has 8 heteroatoms. The lowest BCUT2D eigenvalue weighted by molar-refractivity contribution is 0.0741. The van der Waals surface area contributed by atoms with Gasteiger partial charge in [0, 0.05) is 41.8 Å². The number of benzene rings is 2. The van der Waals surface area contributed by atoms with Crippen LogP contribution in [0, 0.1) is 5.82 Å². The molecule has 31 heavy (non-hydrogen) atoms. The fraction of sp³-hybridized carbons (Fsp3) is 0.174. The molecule has 0 atom stereocenters. The number of aromatic nitrogens is 1. The van der Waals surface area contributed by atoms with Crippen LogP contribution < -0.4 is 11.1 Å². The molecule has 3 N–H and O–H groups in total. The average Bonchev–Trinajstić information content (AvgIpc) is 2.78. The lowest BCUT2D eigenvalue weighted by Crippen LogP contribution is -2.32. The minimum absolute atomic E-state index is 0.185. The minimum Gasteiger partial charge on any atom is -0.334 e. The van der Waals surface area contributed by atoms with E-state index in [1.807, 2.05) is 0 Å². The molecule has 0 aliphatic heterocycles. The van der Waals surface area contributed by atoms with Crippen molar-refractivity contribution in [2.24, 2.45) is 5.73 Å². The van der Waals surface area contributed by atoms with Gasteiger partial charge in [-0.1, -0.05) is 17.7 Å². The zero-order chi connectivity index (χ0) is 22.2. The third-order valence-electron chi connectivity index (χ3n) is 4.58. The number of rotatable bonds is 8. The number of anilines is 1. The van der Waals surface area contributed by atoms with Crippen LogP contribution in [0.15, 0.2) is 67.0 Å². The number of nitrogens with one attached hydrogen (secondary N) is 1. The Bertz CT molecular complexity index is 1060. The van der Waals surface area contributed by atoms with Crippen LogP contribution in [0.1, 0.15) is 32.7 Å². The van der Waals surface area contributed by atoms with E-state index in [-0.39, 0.29) is 23.9 Å². The molecule has 2 aromatic carbocycles. The molecule has 0 aliphatic carbocycles. The van der Waals surface area contributed by atoms with Crippen molar-refractivity contribution in [2.45, 2.75) is 13.0 Å². The molecule has 0 saturated carbocycles. The molecule has 3 rings (SSSR count). The summed E-state index contributed by atoms with van der Waals surface area (Å²) in [5, 5.41) is 3.25. The van der Waals surface area contributed by atoms with Crippen molar-refractivity contribution < 1.29 is 14.0 Å². The Labute approximate surface area is 184 Å². The molecule has 6 nitrogen and oxygen atoms in total. The molecule has 0 saturated heterocycles. The SMILES string of the molecule is NCCCN(Cc1cc(NC(=O)c2cccnc2)ccc1Cl)C(=O)c1cccc(F)c1. The summed E-state index contributed by atoms with van der Waals surface area (Å²) in [6.45, 7) is 0.973. The normalized spacial score (nSPS) is 10.5. The van der Waals surface area contributed by atoms with Crippen molar-refractivity contribution in [1.29, 1.82) is 0 Å². The monoisotopic (exact) mass is 440 g/mol. The van der Waals surface area contributed by atoms with Gasteiger partial charge in [-0.2, -0.15) is 0 Å². The molecule has 160 valence electrons. The average molecular weight is 441 g/mol. The topological polar surface area (TPSA) is 88.3 Å². The Kier molecular flexibility index (Phi) is 7.70. The van der Waals surface area contributed by atoms with Gasteiger partial charge in [-0.25, -0.2) is 4.39 Å². The lowest BCUT2D eigenvalue weighted by atomic mass is 10.1. The van der Waals surface area contributed by atoms with Crippen LogP contribution in [-0.2, 0) is 6.54 Å². The van der Waals surface area contributed by atoms with Gasteiger partial charge in [-0.3, -0.25) is 14.6 Å². The predicted octanol–water partition coefficient (Wildman–Crippen LogP) is 4.12. The van der Waals surface area contributed by atoms with Crippen molar-refractivity contribution in [1.82, 2.24) is 9.88 Å². The smallest absolute Gasteiger partial charge is 0.257 e. The van der Waals surface area contributed by atoms with Gasteiger partial charge in [-0.15, -0.1) is 0 Å². The van der Waals surface area contributed by atoms with Gasteiger partial charge < -0.3 is 16.0 Å². The van der Waals surface area contributed by atoms with E-state index in [2.05, 4.69) is 10.3 Å². The fourth-order valence-electron chi connectivity index (χ4n) is 3.02. The summed E-state index contributed by atoms with van der Waals surface area (Å²) >= 11 is 6.36. The van der Waals surface area contributed by atoms with Crippen molar-refractivity contribution >= 4 is 29.1 Å². The standard InChI is InChI=1S/C23H22ClFN4O2/c24-21-8-7-20(28-22(30)17-5-2-10-27-14-17)13-18(21)15-29(11-3-9-26)23(31)16-4-1-6-19(25)12-16/h1-2,4-8,10,12-14H,3,9,11,15,26H2,(H,28,30). The van der Waals surface area contributed by atoms with Crippen LogP contribution in [0.3, 0.4) is 0 Å². The van der Waals surface area contributed by atoms with Gasteiger partial charge >= 0.3 is 0 Å². The van der Waals surface area contributed by atoms with Crippen LogP contribution in [0.25, 0.3) is 0 Å². The summed E-state index contributed by atoms with van der Waals surface area (Å²) in [6, 6.07) is 13.9. The summed E-state index contributed by atoms with van der Waals surface area (Å²) in [6.07, 6.45) is 3.64. The molecule has 0 fully saturated rings. The van der Waals surface area contributed by atoms with Gasteiger partial charge in [0.1, 0.15) is 5.82 Å². The number of pyridine rings is 1. The number of carbonyl (C=O) groups is 2. The molecule has 1 heterocycles. The number of carbonyl (C=O) groups excluding carboxylic acids is 2. The maximum Gasteiger partial charge on any atom is 0.257 e. The van der Waals surface area contributed by atoms with Crippen LogP contribution in [0.5, 0.6) is 0 Å². The van der Waals surface area contributed by atoms with Crippen LogP contribution in [0.2, 0.25) is 5.02 Å². The van der Waals surface area contributed by atoms with E-state index < -0.39 is 5.82 Å². The summed E-state index contributed by atoms with van der Waals surface area (Å²) in [5.41, 5.74) is 7.46. The summed E-state index contributed by atoms with van der Waals surface area (Å²) in [5.74, 6) is -1.12. The predicted molar refractivity (Wildman–Crippen MR) is 118 cm³/mol. The molecule has 0 radical (unpaired) electrons. The first-order valence-electron chi connectivity index (χ1n) is 9.72. The largest absolute Gasteiger partial charge is 0.334 e. The Morgan fingerprint density at radius 2 is 1.90 bits per heavy atom. The summed E-state index contributed by atoms with van der Waals surface area (Å²) < 4.78 is 13.6. The molecule has 3 aromatic rings. The van der Waals surface area contributed by atoms with Crippen molar-refractivity contribution in [3.05, 3.63) is 94.5 Å². The lowest BCUT2D eigenvalue weighted by Gasteiger charge is -2.24. The van der Waals surface area contributed by atoms with E-state index in [1.165, 1.54) is 24.4 Å². The number of hydrogen-bond donors (Lipinski definition) is 2. The zero-order valence-electron chi connectivity index (χ0n) is 16.7. The molecule has 0 unspecified atom stereocenters. The Morgan fingerprint density at radius 3 is 2.61 bits per heavy atom. The fourth-order valence-corrected chi connectivity index (χ4v) is 3.20. The van der Waals surface area contributed by atoms with Crippen molar-refractivity contribution in [3.63, 3.8) is 0 Å².